The summed E-state index contributed by atoms with van der Waals surface area (Å²) in [5.74, 6) is -2.98. The molecule has 0 unspecified atom stereocenters. The van der Waals surface area contributed by atoms with E-state index in [2.05, 4.69) is 5.32 Å². The van der Waals surface area contributed by atoms with Crippen molar-refractivity contribution in [2.75, 3.05) is 12.4 Å². The Hall–Kier alpha value is -3.35. The van der Waals surface area contributed by atoms with Crippen molar-refractivity contribution in [1.29, 1.82) is 0 Å². The molecular weight excluding hydrogens is 408 g/mol. The van der Waals surface area contributed by atoms with Gasteiger partial charge in [0.1, 0.15) is 30.3 Å². The van der Waals surface area contributed by atoms with Gasteiger partial charge in [0.05, 0.1) is 0 Å². The molecule has 0 radical (unpaired) electrons. The summed E-state index contributed by atoms with van der Waals surface area (Å²) in [6.45, 7) is 0.524. The number of esters is 1. The molecule has 3 N–H and O–H groups in total. The second kappa shape index (κ2) is 7.95. The van der Waals surface area contributed by atoms with Crippen molar-refractivity contribution in [3.63, 3.8) is 0 Å². The van der Waals surface area contributed by atoms with E-state index in [-0.39, 0.29) is 23.6 Å². The van der Waals surface area contributed by atoms with Crippen LogP contribution in [0.3, 0.4) is 0 Å². The summed E-state index contributed by atoms with van der Waals surface area (Å²) in [7, 11) is 0. The van der Waals surface area contributed by atoms with Crippen molar-refractivity contribution >= 4 is 35.5 Å². The highest BCUT2D eigenvalue weighted by Gasteiger charge is 2.54. The van der Waals surface area contributed by atoms with Crippen LogP contribution in [0.4, 0.5) is 0 Å². The third-order valence-electron chi connectivity index (χ3n) is 4.23. The van der Waals surface area contributed by atoms with E-state index in [1.807, 2.05) is 4.98 Å². The standard InChI is InChI=1S/C16H16N4O8S/c1-7(21)28-5-8-6-29-14-11(13(24)20(14)12(8)15(25)26)17-10(23)4-19-3-2-9(22)18-16(19)27/h2-3,11,14H,4-6H2,1H3,(H,17,23)(H,25,26)(H,18,22,27)/t11-,14-/m1/s1. The Kier molecular flexibility index (Phi) is 5.59. The molecule has 2 atom stereocenters. The lowest BCUT2D eigenvalue weighted by atomic mass is 10.0. The Morgan fingerprint density at radius 1 is 1.34 bits per heavy atom. The van der Waals surface area contributed by atoms with Crippen LogP contribution in [0.5, 0.6) is 0 Å². The molecule has 1 aromatic heterocycles. The SMILES string of the molecule is CC(=O)OCC1=C(C(=O)O)N2C(=O)[C@@H](NC(=O)Cn3ccc(=O)[nH]c3=O)[C@H]2SC1. The van der Waals surface area contributed by atoms with Gasteiger partial charge < -0.3 is 15.2 Å². The number of carbonyl (C=O) groups is 4. The molecule has 1 saturated heterocycles. The van der Waals surface area contributed by atoms with Crippen LogP contribution in [0, 0.1) is 0 Å². The predicted molar refractivity (Wildman–Crippen MR) is 97.6 cm³/mol. The van der Waals surface area contributed by atoms with Crippen LogP contribution in [0.15, 0.2) is 33.1 Å². The quantitative estimate of drug-likeness (QED) is 0.340. The largest absolute Gasteiger partial charge is 0.477 e. The second-order valence-electron chi connectivity index (χ2n) is 6.23. The molecule has 154 valence electrons. The topological polar surface area (TPSA) is 168 Å². The molecule has 0 aliphatic carbocycles. The first-order valence-electron chi connectivity index (χ1n) is 8.31. The fourth-order valence-electron chi connectivity index (χ4n) is 2.93. The zero-order valence-electron chi connectivity index (χ0n) is 15.0. The van der Waals surface area contributed by atoms with Crippen molar-refractivity contribution in [2.24, 2.45) is 0 Å². The van der Waals surface area contributed by atoms with Crippen LogP contribution in [0.1, 0.15) is 6.92 Å². The first-order valence-corrected chi connectivity index (χ1v) is 9.36. The minimum atomic E-state index is -1.34. The Morgan fingerprint density at radius 3 is 2.69 bits per heavy atom. The number of hydrogen-bond acceptors (Lipinski definition) is 8. The molecule has 3 heterocycles. The summed E-state index contributed by atoms with van der Waals surface area (Å²) < 4.78 is 5.81. The van der Waals surface area contributed by atoms with Gasteiger partial charge in [-0.2, -0.15) is 0 Å². The number of β-lactam (4-membered cyclic amide) rings is 1. The number of nitrogens with zero attached hydrogens (tertiary/aromatic N) is 2. The molecule has 13 heteroatoms. The van der Waals surface area contributed by atoms with Crippen LogP contribution in [-0.4, -0.2) is 67.1 Å². The Labute approximate surface area is 166 Å². The van der Waals surface area contributed by atoms with Crippen molar-refractivity contribution in [2.45, 2.75) is 24.9 Å². The smallest absolute Gasteiger partial charge is 0.352 e. The number of rotatable bonds is 6. The minimum Gasteiger partial charge on any atom is -0.477 e. The van der Waals surface area contributed by atoms with Gasteiger partial charge in [-0.1, -0.05) is 0 Å². The summed E-state index contributed by atoms with van der Waals surface area (Å²) in [5, 5.41) is 11.3. The average molecular weight is 424 g/mol. The first-order chi connectivity index (χ1) is 13.7. The Bertz CT molecular complexity index is 1040. The molecule has 29 heavy (non-hydrogen) atoms. The van der Waals surface area contributed by atoms with Gasteiger partial charge in [0, 0.05) is 30.5 Å². The number of amides is 2. The average Bonchev–Trinajstić information content (AvgIpc) is 2.65. The van der Waals surface area contributed by atoms with E-state index in [0.717, 1.165) is 21.7 Å². The Morgan fingerprint density at radius 2 is 2.07 bits per heavy atom. The van der Waals surface area contributed by atoms with E-state index >= 15 is 0 Å². The van der Waals surface area contributed by atoms with Gasteiger partial charge in [-0.25, -0.2) is 9.59 Å². The zero-order valence-corrected chi connectivity index (χ0v) is 15.9. The number of aliphatic carboxylic acids is 1. The van der Waals surface area contributed by atoms with Crippen LogP contribution < -0.4 is 16.6 Å². The number of carbonyl (C=O) groups excluding carboxylic acids is 3. The molecule has 2 amide bonds. The summed E-state index contributed by atoms with van der Waals surface area (Å²) in [5.41, 5.74) is -1.35. The molecular formula is C16H16N4O8S. The third kappa shape index (κ3) is 4.08. The number of carboxylic acids is 1. The molecule has 0 saturated carbocycles. The number of aromatic amines is 1. The third-order valence-corrected chi connectivity index (χ3v) is 5.57. The first kappa shape index (κ1) is 20.4. The molecule has 0 aromatic carbocycles. The molecule has 1 aromatic rings. The maximum atomic E-state index is 12.5. The van der Waals surface area contributed by atoms with Crippen molar-refractivity contribution in [1.82, 2.24) is 19.8 Å². The van der Waals surface area contributed by atoms with Crippen LogP contribution in [0.2, 0.25) is 0 Å². The molecule has 3 rings (SSSR count). The van der Waals surface area contributed by atoms with Gasteiger partial charge in [-0.3, -0.25) is 33.6 Å². The van der Waals surface area contributed by atoms with Crippen LogP contribution in [-0.2, 0) is 30.5 Å². The van der Waals surface area contributed by atoms with Crippen molar-refractivity contribution in [3.8, 4) is 0 Å². The van der Waals surface area contributed by atoms with E-state index in [1.54, 1.807) is 0 Å². The summed E-state index contributed by atoms with van der Waals surface area (Å²) in [4.78, 5) is 73.0. The van der Waals surface area contributed by atoms with E-state index in [9.17, 15) is 33.9 Å². The number of hydrogen-bond donors (Lipinski definition) is 3. The van der Waals surface area contributed by atoms with Gasteiger partial charge in [0.15, 0.2) is 0 Å². The second-order valence-corrected chi connectivity index (χ2v) is 7.34. The van der Waals surface area contributed by atoms with Crippen LogP contribution >= 0.6 is 11.8 Å². The lowest BCUT2D eigenvalue weighted by Gasteiger charge is -2.49. The molecule has 0 bridgehead atoms. The number of ether oxygens (including phenoxy) is 1. The molecule has 2 aliphatic rings. The molecule has 12 nitrogen and oxygen atoms in total. The number of carboxylic acid groups (broad SMARTS) is 1. The van der Waals surface area contributed by atoms with E-state index in [4.69, 9.17) is 4.74 Å². The van der Waals surface area contributed by atoms with Gasteiger partial charge in [0.25, 0.3) is 11.5 Å². The lowest BCUT2D eigenvalue weighted by Crippen LogP contribution is -2.70. The minimum absolute atomic E-state index is 0.203. The summed E-state index contributed by atoms with van der Waals surface area (Å²) in [6.07, 6.45) is 1.15. The number of nitrogens with one attached hydrogen (secondary N) is 2. The monoisotopic (exact) mass is 424 g/mol. The number of thioether (sulfide) groups is 1. The van der Waals surface area contributed by atoms with Crippen molar-refractivity contribution in [3.05, 3.63) is 44.4 Å². The van der Waals surface area contributed by atoms with Gasteiger partial charge in [0.2, 0.25) is 5.91 Å². The maximum absolute atomic E-state index is 12.5. The highest BCUT2D eigenvalue weighted by molar-refractivity contribution is 8.00. The zero-order chi connectivity index (χ0) is 21.3. The van der Waals surface area contributed by atoms with E-state index in [1.165, 1.54) is 18.7 Å². The molecule has 0 spiro atoms. The normalized spacial score (nSPS) is 20.6. The lowest BCUT2D eigenvalue weighted by molar-refractivity contribution is -0.151. The maximum Gasteiger partial charge on any atom is 0.352 e. The highest BCUT2D eigenvalue weighted by atomic mass is 32.2. The number of aromatic nitrogens is 2. The van der Waals surface area contributed by atoms with Gasteiger partial charge in [-0.05, 0) is 0 Å². The van der Waals surface area contributed by atoms with Gasteiger partial charge in [-0.15, -0.1) is 11.8 Å². The predicted octanol–water partition coefficient (Wildman–Crippen LogP) is -2.16. The van der Waals surface area contributed by atoms with E-state index in [0.29, 0.717) is 0 Å². The molecule has 1 fully saturated rings. The van der Waals surface area contributed by atoms with E-state index < -0.39 is 53.0 Å². The number of fused-ring (bicyclic) bond motifs is 1. The summed E-state index contributed by atoms with van der Waals surface area (Å²) in [6, 6.07) is 0.117. The fourth-order valence-corrected chi connectivity index (χ4v) is 4.25. The van der Waals surface area contributed by atoms with Crippen molar-refractivity contribution < 1.29 is 29.0 Å². The Balaban J connectivity index is 1.71. The van der Waals surface area contributed by atoms with Gasteiger partial charge >= 0.3 is 17.6 Å². The van der Waals surface area contributed by atoms with Crippen LogP contribution in [0.25, 0.3) is 0 Å². The molecule has 2 aliphatic heterocycles. The highest BCUT2D eigenvalue weighted by Crippen LogP contribution is 2.40. The fraction of sp³-hybridized carbons (Fsp3) is 0.375. The number of H-pyrrole nitrogens is 1. The summed E-state index contributed by atoms with van der Waals surface area (Å²) >= 11 is 1.22.